The van der Waals surface area contributed by atoms with E-state index in [-0.39, 0.29) is 16.4 Å². The zero-order valence-corrected chi connectivity index (χ0v) is 12.6. The summed E-state index contributed by atoms with van der Waals surface area (Å²) in [4.78, 5) is 11.4. The van der Waals surface area contributed by atoms with Crippen molar-refractivity contribution in [3.8, 4) is 16.9 Å². The molecule has 0 atom stereocenters. The molecule has 22 heavy (non-hydrogen) atoms. The van der Waals surface area contributed by atoms with E-state index in [1.54, 1.807) is 36.4 Å². The Balaban J connectivity index is 2.27. The van der Waals surface area contributed by atoms with E-state index >= 15 is 0 Å². The highest BCUT2D eigenvalue weighted by Gasteiger charge is 2.21. The number of rotatable bonds is 3. The van der Waals surface area contributed by atoms with Crippen LogP contribution < -0.4 is 0 Å². The quantitative estimate of drug-likeness (QED) is 0.645. The van der Waals surface area contributed by atoms with Crippen molar-refractivity contribution in [2.24, 2.45) is 0 Å². The Morgan fingerprint density at radius 3 is 2.41 bits per heavy atom. The van der Waals surface area contributed by atoms with Crippen LogP contribution >= 0.6 is 23.2 Å². The molecule has 3 rings (SSSR count). The van der Waals surface area contributed by atoms with Crippen LogP contribution in [0.2, 0.25) is 10.2 Å². The average Bonchev–Trinajstić information content (AvgIpc) is 2.85. The maximum absolute atomic E-state index is 13.9. The van der Waals surface area contributed by atoms with Gasteiger partial charge in [0.1, 0.15) is 22.4 Å². The monoisotopic (exact) mass is 334 g/mol. The number of hydrogen-bond acceptors (Lipinski definition) is 2. The van der Waals surface area contributed by atoms with Gasteiger partial charge in [-0.15, -0.1) is 0 Å². The van der Waals surface area contributed by atoms with Gasteiger partial charge >= 0.3 is 0 Å². The van der Waals surface area contributed by atoms with Crippen LogP contribution in [0.1, 0.15) is 10.4 Å². The minimum absolute atomic E-state index is 0.0371. The summed E-state index contributed by atoms with van der Waals surface area (Å²) < 4.78 is 15.1. The van der Waals surface area contributed by atoms with E-state index in [2.05, 4.69) is 5.10 Å². The first-order valence-corrected chi connectivity index (χ1v) is 7.12. The molecule has 0 saturated heterocycles. The summed E-state index contributed by atoms with van der Waals surface area (Å²) >= 11 is 12.3. The highest BCUT2D eigenvalue weighted by molar-refractivity contribution is 6.35. The standard InChI is InChI=1S/C16H9Cl2FN2O/c17-12-6-2-1-5-10(12)15-11(9-22)16(18)21(20-15)14-8-4-3-7-13(14)19/h1-9H. The van der Waals surface area contributed by atoms with Gasteiger partial charge in [-0.1, -0.05) is 53.5 Å². The topological polar surface area (TPSA) is 34.9 Å². The molecule has 0 aliphatic carbocycles. The second-order valence-electron chi connectivity index (χ2n) is 4.51. The first-order valence-electron chi connectivity index (χ1n) is 6.37. The third-order valence-electron chi connectivity index (χ3n) is 3.19. The van der Waals surface area contributed by atoms with E-state index in [1.807, 2.05) is 0 Å². The van der Waals surface area contributed by atoms with Gasteiger partial charge in [0.2, 0.25) is 0 Å². The molecule has 0 unspecified atom stereocenters. The molecule has 0 aliphatic heterocycles. The van der Waals surface area contributed by atoms with Crippen molar-refractivity contribution in [1.82, 2.24) is 9.78 Å². The molecule has 0 spiro atoms. The van der Waals surface area contributed by atoms with Crippen LogP contribution in [0.5, 0.6) is 0 Å². The van der Waals surface area contributed by atoms with Crippen LogP contribution in [0.15, 0.2) is 48.5 Å². The van der Waals surface area contributed by atoms with Crippen molar-refractivity contribution < 1.29 is 9.18 Å². The van der Waals surface area contributed by atoms with Gasteiger partial charge in [0, 0.05) is 5.56 Å². The van der Waals surface area contributed by atoms with Gasteiger partial charge in [-0.3, -0.25) is 4.79 Å². The molecule has 0 aliphatic rings. The highest BCUT2D eigenvalue weighted by atomic mass is 35.5. The molecule has 2 aromatic carbocycles. The van der Waals surface area contributed by atoms with Crippen LogP contribution in [0, 0.1) is 5.82 Å². The molecule has 0 bridgehead atoms. The van der Waals surface area contributed by atoms with Crippen molar-refractivity contribution in [2.45, 2.75) is 0 Å². The Morgan fingerprint density at radius 2 is 1.73 bits per heavy atom. The molecular weight excluding hydrogens is 326 g/mol. The third kappa shape index (κ3) is 2.40. The zero-order chi connectivity index (χ0) is 15.7. The van der Waals surface area contributed by atoms with E-state index in [1.165, 1.54) is 16.8 Å². The zero-order valence-electron chi connectivity index (χ0n) is 11.1. The Labute approximate surface area is 135 Å². The third-order valence-corrected chi connectivity index (χ3v) is 3.88. The number of halogens is 3. The van der Waals surface area contributed by atoms with Crippen LogP contribution in [0.3, 0.4) is 0 Å². The predicted octanol–water partition coefficient (Wildman–Crippen LogP) is 4.80. The molecular formula is C16H9Cl2FN2O. The van der Waals surface area contributed by atoms with Crippen molar-refractivity contribution >= 4 is 29.5 Å². The second kappa shape index (κ2) is 5.91. The predicted molar refractivity (Wildman–Crippen MR) is 84.4 cm³/mol. The Kier molecular flexibility index (Phi) is 3.96. The number of carbonyl (C=O) groups excluding carboxylic acids is 1. The Bertz CT molecular complexity index is 861. The minimum atomic E-state index is -0.491. The fraction of sp³-hybridized carbons (Fsp3) is 0. The molecule has 0 saturated carbocycles. The Morgan fingerprint density at radius 1 is 1.05 bits per heavy atom. The van der Waals surface area contributed by atoms with Crippen molar-refractivity contribution in [3.05, 3.63) is 70.1 Å². The van der Waals surface area contributed by atoms with Gasteiger partial charge in [0.15, 0.2) is 6.29 Å². The molecule has 0 fully saturated rings. The highest BCUT2D eigenvalue weighted by Crippen LogP contribution is 2.33. The number of benzene rings is 2. The first-order chi connectivity index (χ1) is 10.6. The lowest BCUT2D eigenvalue weighted by atomic mass is 10.1. The molecule has 0 radical (unpaired) electrons. The number of hydrogen-bond donors (Lipinski definition) is 0. The fourth-order valence-corrected chi connectivity index (χ4v) is 2.64. The van der Waals surface area contributed by atoms with Crippen molar-refractivity contribution in [3.63, 3.8) is 0 Å². The van der Waals surface area contributed by atoms with E-state index in [4.69, 9.17) is 23.2 Å². The first kappa shape index (κ1) is 14.8. The van der Waals surface area contributed by atoms with Crippen LogP contribution in [0.25, 0.3) is 16.9 Å². The summed E-state index contributed by atoms with van der Waals surface area (Å²) in [7, 11) is 0. The molecule has 3 aromatic rings. The van der Waals surface area contributed by atoms with Gasteiger partial charge in [0.25, 0.3) is 0 Å². The van der Waals surface area contributed by atoms with Crippen LogP contribution in [-0.2, 0) is 0 Å². The number of aromatic nitrogens is 2. The van der Waals surface area contributed by atoms with Crippen LogP contribution in [0.4, 0.5) is 4.39 Å². The van der Waals surface area contributed by atoms with Gasteiger partial charge in [0.05, 0.1) is 10.6 Å². The Hall–Kier alpha value is -2.17. The molecule has 0 N–H and O–H groups in total. The molecule has 3 nitrogen and oxygen atoms in total. The van der Waals surface area contributed by atoms with Crippen molar-refractivity contribution in [2.75, 3.05) is 0 Å². The SMILES string of the molecule is O=Cc1c(-c2ccccc2Cl)nn(-c2ccccc2F)c1Cl. The van der Waals surface area contributed by atoms with Crippen molar-refractivity contribution in [1.29, 1.82) is 0 Å². The number of carbonyl (C=O) groups is 1. The lowest BCUT2D eigenvalue weighted by molar-refractivity contribution is 0.112. The fourth-order valence-electron chi connectivity index (χ4n) is 2.15. The summed E-state index contributed by atoms with van der Waals surface area (Å²) in [6.07, 6.45) is 0.589. The lowest BCUT2D eigenvalue weighted by Gasteiger charge is -2.04. The average molecular weight is 335 g/mol. The van der Waals surface area contributed by atoms with E-state index in [0.717, 1.165) is 0 Å². The van der Waals surface area contributed by atoms with E-state index < -0.39 is 5.82 Å². The summed E-state index contributed by atoms with van der Waals surface area (Å²) in [6, 6.07) is 13.0. The lowest BCUT2D eigenvalue weighted by Crippen LogP contribution is -1.99. The number of para-hydroxylation sites is 1. The summed E-state index contributed by atoms with van der Waals surface area (Å²) in [6.45, 7) is 0. The summed E-state index contributed by atoms with van der Waals surface area (Å²) in [5, 5.41) is 4.74. The second-order valence-corrected chi connectivity index (χ2v) is 5.28. The smallest absolute Gasteiger partial charge is 0.155 e. The maximum Gasteiger partial charge on any atom is 0.155 e. The molecule has 1 heterocycles. The molecule has 0 amide bonds. The van der Waals surface area contributed by atoms with E-state index in [0.29, 0.717) is 22.6 Å². The van der Waals surface area contributed by atoms with E-state index in [9.17, 15) is 9.18 Å². The summed E-state index contributed by atoms with van der Waals surface area (Å²) in [5.74, 6) is -0.491. The maximum atomic E-state index is 13.9. The van der Waals surface area contributed by atoms with Gasteiger partial charge in [-0.25, -0.2) is 9.07 Å². The molecule has 110 valence electrons. The normalized spacial score (nSPS) is 10.7. The number of nitrogens with zero attached hydrogens (tertiary/aromatic N) is 2. The molecule has 1 aromatic heterocycles. The van der Waals surface area contributed by atoms with Gasteiger partial charge in [-0.05, 0) is 18.2 Å². The van der Waals surface area contributed by atoms with Crippen LogP contribution in [-0.4, -0.2) is 16.1 Å². The van der Waals surface area contributed by atoms with Gasteiger partial charge in [-0.2, -0.15) is 5.10 Å². The minimum Gasteiger partial charge on any atom is -0.298 e. The summed E-state index contributed by atoms with van der Waals surface area (Å²) in [5.41, 5.74) is 1.20. The number of aldehydes is 1. The van der Waals surface area contributed by atoms with Gasteiger partial charge < -0.3 is 0 Å². The largest absolute Gasteiger partial charge is 0.298 e. The molecule has 6 heteroatoms.